The van der Waals surface area contributed by atoms with E-state index in [1.54, 1.807) is 11.0 Å². The van der Waals surface area contributed by atoms with Gasteiger partial charge in [-0.05, 0) is 43.2 Å². The summed E-state index contributed by atoms with van der Waals surface area (Å²) < 4.78 is 7.74. The van der Waals surface area contributed by atoms with Gasteiger partial charge in [-0.2, -0.15) is 0 Å². The molecule has 28 heavy (non-hydrogen) atoms. The maximum atomic E-state index is 12.8. The van der Waals surface area contributed by atoms with Crippen molar-refractivity contribution < 1.29 is 9.53 Å². The zero-order chi connectivity index (χ0) is 19.5. The first-order valence-corrected chi connectivity index (χ1v) is 9.77. The predicted octanol–water partition coefficient (Wildman–Crippen LogP) is 4.17. The molecule has 1 aliphatic rings. The molecule has 2 aromatic carbocycles. The van der Waals surface area contributed by atoms with Gasteiger partial charge in [-0.1, -0.05) is 24.3 Å². The summed E-state index contributed by atoms with van der Waals surface area (Å²) >= 11 is 0. The quantitative estimate of drug-likeness (QED) is 0.650. The second-order valence-electron chi connectivity index (χ2n) is 7.16. The second-order valence-corrected chi connectivity index (χ2v) is 7.16. The van der Waals surface area contributed by atoms with Crippen LogP contribution < -0.4 is 4.74 Å². The molecule has 5 heteroatoms. The molecule has 0 atom stereocenters. The fourth-order valence-electron chi connectivity index (χ4n) is 3.67. The second kappa shape index (κ2) is 7.89. The molecule has 0 N–H and O–H groups in total. The zero-order valence-electron chi connectivity index (χ0n) is 16.4. The minimum Gasteiger partial charge on any atom is -0.494 e. The smallest absolute Gasteiger partial charge is 0.254 e. The van der Waals surface area contributed by atoms with Crippen molar-refractivity contribution >= 4 is 5.91 Å². The molecule has 0 fully saturated rings. The fraction of sp³-hybridized carbons (Fsp3) is 0.304. The van der Waals surface area contributed by atoms with Crippen LogP contribution in [0.25, 0.3) is 11.3 Å². The Morgan fingerprint density at radius 1 is 1.21 bits per heavy atom. The first-order chi connectivity index (χ1) is 13.6. The number of fused-ring (bicyclic) bond motifs is 1. The topological polar surface area (TPSA) is 47.4 Å². The maximum Gasteiger partial charge on any atom is 0.254 e. The first kappa shape index (κ1) is 18.3. The Balaban J connectivity index is 1.49. The number of hydrogen-bond donors (Lipinski definition) is 0. The fourth-order valence-corrected chi connectivity index (χ4v) is 3.67. The molecule has 0 spiro atoms. The van der Waals surface area contributed by atoms with Gasteiger partial charge in [0.25, 0.3) is 5.91 Å². The molecule has 0 unspecified atom stereocenters. The monoisotopic (exact) mass is 375 g/mol. The van der Waals surface area contributed by atoms with E-state index in [4.69, 9.17) is 9.72 Å². The van der Waals surface area contributed by atoms with E-state index in [2.05, 4.69) is 22.9 Å². The van der Waals surface area contributed by atoms with Crippen LogP contribution in [0.15, 0.2) is 54.7 Å². The van der Waals surface area contributed by atoms with Crippen molar-refractivity contribution in [1.29, 1.82) is 0 Å². The number of carbonyl (C=O) groups is 1. The van der Waals surface area contributed by atoms with E-state index in [0.717, 1.165) is 35.5 Å². The average Bonchev–Trinajstić information content (AvgIpc) is 3.30. The van der Waals surface area contributed by atoms with Crippen molar-refractivity contribution in [3.05, 3.63) is 71.7 Å². The molecule has 0 saturated carbocycles. The molecular weight excluding hydrogens is 350 g/mol. The van der Waals surface area contributed by atoms with E-state index in [0.29, 0.717) is 18.7 Å². The maximum absolute atomic E-state index is 12.8. The average molecular weight is 375 g/mol. The standard InChI is InChI=1S/C23H25N3O2/c1-3-28-20-10-5-9-19(14-20)23(27)25(2)15-17-7-4-8-18(13-17)21-16-26-12-6-11-22(26)24-21/h4-5,7-10,13-14,16H,3,6,11-12,15H2,1-2H3. The Labute approximate surface area is 165 Å². The largest absolute Gasteiger partial charge is 0.494 e. The lowest BCUT2D eigenvalue weighted by molar-refractivity contribution is 0.0784. The Morgan fingerprint density at radius 3 is 2.89 bits per heavy atom. The van der Waals surface area contributed by atoms with Crippen LogP contribution in [0.1, 0.15) is 35.1 Å². The number of amides is 1. The van der Waals surface area contributed by atoms with Crippen LogP contribution in [0.5, 0.6) is 5.75 Å². The molecule has 0 aliphatic carbocycles. The Bertz CT molecular complexity index is 972. The van der Waals surface area contributed by atoms with E-state index in [1.165, 1.54) is 12.2 Å². The summed E-state index contributed by atoms with van der Waals surface area (Å²) in [4.78, 5) is 19.3. The highest BCUT2D eigenvalue weighted by Gasteiger charge is 2.16. The van der Waals surface area contributed by atoms with Crippen molar-refractivity contribution in [3.8, 4) is 17.0 Å². The highest BCUT2D eigenvalue weighted by molar-refractivity contribution is 5.94. The van der Waals surface area contributed by atoms with Crippen molar-refractivity contribution in [3.63, 3.8) is 0 Å². The number of aromatic nitrogens is 2. The summed E-state index contributed by atoms with van der Waals surface area (Å²) in [6, 6.07) is 15.6. The summed E-state index contributed by atoms with van der Waals surface area (Å²) in [5, 5.41) is 0. The Kier molecular flexibility index (Phi) is 5.15. The van der Waals surface area contributed by atoms with Gasteiger partial charge in [0.1, 0.15) is 11.6 Å². The summed E-state index contributed by atoms with van der Waals surface area (Å²) in [6.45, 7) is 4.11. The number of hydrogen-bond acceptors (Lipinski definition) is 3. The van der Waals surface area contributed by atoms with E-state index in [9.17, 15) is 4.79 Å². The number of ether oxygens (including phenoxy) is 1. The molecule has 0 bridgehead atoms. The molecule has 3 aromatic rings. The van der Waals surface area contributed by atoms with Crippen molar-refractivity contribution in [2.45, 2.75) is 32.9 Å². The van der Waals surface area contributed by atoms with Gasteiger partial charge in [-0.15, -0.1) is 0 Å². The lowest BCUT2D eigenvalue weighted by atomic mass is 10.1. The summed E-state index contributed by atoms with van der Waals surface area (Å²) in [5.41, 5.74) is 3.83. The summed E-state index contributed by atoms with van der Waals surface area (Å²) in [5.74, 6) is 1.87. The lowest BCUT2D eigenvalue weighted by Gasteiger charge is -2.18. The van der Waals surface area contributed by atoms with Gasteiger partial charge in [-0.25, -0.2) is 4.98 Å². The van der Waals surface area contributed by atoms with Crippen molar-refractivity contribution in [2.24, 2.45) is 0 Å². The van der Waals surface area contributed by atoms with E-state index in [-0.39, 0.29) is 5.91 Å². The van der Waals surface area contributed by atoms with Gasteiger partial charge in [0, 0.05) is 43.9 Å². The van der Waals surface area contributed by atoms with Crippen LogP contribution in [-0.4, -0.2) is 34.0 Å². The molecule has 5 nitrogen and oxygen atoms in total. The van der Waals surface area contributed by atoms with Crippen LogP contribution >= 0.6 is 0 Å². The number of nitrogens with zero attached hydrogens (tertiary/aromatic N) is 3. The van der Waals surface area contributed by atoms with Gasteiger partial charge < -0.3 is 14.2 Å². The molecule has 1 amide bonds. The zero-order valence-corrected chi connectivity index (χ0v) is 16.4. The number of benzene rings is 2. The molecule has 1 aliphatic heterocycles. The highest BCUT2D eigenvalue weighted by atomic mass is 16.5. The van der Waals surface area contributed by atoms with Gasteiger partial charge in [0.05, 0.1) is 12.3 Å². The van der Waals surface area contributed by atoms with Crippen molar-refractivity contribution in [2.75, 3.05) is 13.7 Å². The van der Waals surface area contributed by atoms with Crippen LogP contribution in [0.3, 0.4) is 0 Å². The Morgan fingerprint density at radius 2 is 2.07 bits per heavy atom. The van der Waals surface area contributed by atoms with E-state index >= 15 is 0 Å². The number of aryl methyl sites for hydroxylation is 2. The highest BCUT2D eigenvalue weighted by Crippen LogP contribution is 2.24. The predicted molar refractivity (Wildman–Crippen MR) is 109 cm³/mol. The van der Waals surface area contributed by atoms with Gasteiger partial charge in [0.2, 0.25) is 0 Å². The molecular formula is C23H25N3O2. The molecule has 2 heterocycles. The molecule has 1 aromatic heterocycles. The van der Waals surface area contributed by atoms with Crippen LogP contribution in [0.4, 0.5) is 0 Å². The van der Waals surface area contributed by atoms with Gasteiger partial charge >= 0.3 is 0 Å². The Hall–Kier alpha value is -3.08. The minimum absolute atomic E-state index is 0.0204. The summed E-state index contributed by atoms with van der Waals surface area (Å²) in [7, 11) is 1.83. The SMILES string of the molecule is CCOc1cccc(C(=O)N(C)Cc2cccc(-c3cn4c(n3)CCC4)c2)c1. The first-order valence-electron chi connectivity index (χ1n) is 9.77. The van der Waals surface area contributed by atoms with E-state index in [1.807, 2.05) is 44.3 Å². The van der Waals surface area contributed by atoms with Gasteiger partial charge in [-0.3, -0.25) is 4.79 Å². The van der Waals surface area contributed by atoms with Crippen LogP contribution in [0, 0.1) is 0 Å². The minimum atomic E-state index is -0.0204. The number of carbonyl (C=O) groups excluding carboxylic acids is 1. The molecule has 0 saturated heterocycles. The molecule has 4 rings (SSSR count). The third-order valence-corrected chi connectivity index (χ3v) is 5.04. The third-order valence-electron chi connectivity index (χ3n) is 5.04. The normalized spacial score (nSPS) is 12.6. The van der Waals surface area contributed by atoms with Gasteiger partial charge in [0.15, 0.2) is 0 Å². The van der Waals surface area contributed by atoms with E-state index < -0.39 is 0 Å². The van der Waals surface area contributed by atoms with Crippen molar-refractivity contribution in [1.82, 2.24) is 14.5 Å². The van der Waals surface area contributed by atoms with Crippen LogP contribution in [0.2, 0.25) is 0 Å². The number of rotatable bonds is 6. The van der Waals surface area contributed by atoms with Crippen LogP contribution in [-0.2, 0) is 19.5 Å². The molecule has 144 valence electrons. The molecule has 0 radical (unpaired) electrons. The lowest BCUT2D eigenvalue weighted by Crippen LogP contribution is -2.26. The number of imidazole rings is 1. The third kappa shape index (κ3) is 3.79. The summed E-state index contributed by atoms with van der Waals surface area (Å²) in [6.07, 6.45) is 4.37.